The summed E-state index contributed by atoms with van der Waals surface area (Å²) in [4.78, 5) is 25.9. The molecule has 0 aromatic rings. The Labute approximate surface area is 220 Å². The van der Waals surface area contributed by atoms with E-state index in [0.717, 1.165) is 25.7 Å². The van der Waals surface area contributed by atoms with E-state index < -0.39 is 59.3 Å². The van der Waals surface area contributed by atoms with Crippen molar-refractivity contribution in [1.82, 2.24) is 0 Å². The van der Waals surface area contributed by atoms with Gasteiger partial charge >= 0.3 is 5.97 Å². The van der Waals surface area contributed by atoms with Crippen LogP contribution < -0.4 is 0 Å². The number of hydrogen-bond acceptors (Lipinski definition) is 6. The Kier molecular flexibility index (Phi) is 5.99. The predicted octanol–water partition coefficient (Wildman–Crippen LogP) is 3.33. The first-order valence-electron chi connectivity index (χ1n) is 14.2. The third kappa shape index (κ3) is 3.09. The van der Waals surface area contributed by atoms with E-state index in [0.29, 0.717) is 25.7 Å². The van der Waals surface area contributed by atoms with E-state index in [1.54, 1.807) is 0 Å². The molecule has 0 radical (unpaired) electrons. The van der Waals surface area contributed by atoms with Crippen molar-refractivity contribution in [3.63, 3.8) is 0 Å². The zero-order valence-electron chi connectivity index (χ0n) is 23.1. The summed E-state index contributed by atoms with van der Waals surface area (Å²) in [5.74, 6) is -1.95. The lowest BCUT2D eigenvalue weighted by atomic mass is 9.33. The van der Waals surface area contributed by atoms with Gasteiger partial charge in [0.1, 0.15) is 6.10 Å². The highest BCUT2D eigenvalue weighted by molar-refractivity contribution is 5.91. The lowest BCUT2D eigenvalue weighted by Crippen LogP contribution is -2.73. The van der Waals surface area contributed by atoms with Crippen molar-refractivity contribution in [3.05, 3.63) is 11.6 Å². The first-order valence-corrected chi connectivity index (χ1v) is 14.2. The zero-order valence-corrected chi connectivity index (χ0v) is 23.1. The van der Waals surface area contributed by atoms with Crippen molar-refractivity contribution in [2.24, 2.45) is 50.2 Å². The van der Waals surface area contributed by atoms with Crippen LogP contribution in [0.15, 0.2) is 11.6 Å². The summed E-state index contributed by atoms with van der Waals surface area (Å²) in [6, 6.07) is 0. The molecule has 4 saturated carbocycles. The average molecular weight is 519 g/mol. The van der Waals surface area contributed by atoms with Crippen molar-refractivity contribution in [2.75, 3.05) is 13.2 Å². The number of carbonyl (C=O) groups excluding carboxylic acids is 1. The fraction of sp³-hybridized carbons (Fsp3) is 0.867. The molecule has 5 rings (SSSR count). The number of allylic oxidation sites excluding steroid dienone is 2. The molecule has 208 valence electrons. The maximum Gasteiger partial charge on any atom is 0.310 e. The number of Topliss-reactive ketones (excluding diaryl/α,β-unsaturated/α-hetero) is 1. The first-order chi connectivity index (χ1) is 17.1. The Morgan fingerprint density at radius 2 is 1.57 bits per heavy atom. The Bertz CT molecular complexity index is 1030. The molecule has 5 N–H and O–H groups in total. The highest BCUT2D eigenvalue weighted by atomic mass is 16.4. The van der Waals surface area contributed by atoms with Crippen LogP contribution in [-0.2, 0) is 9.59 Å². The summed E-state index contributed by atoms with van der Waals surface area (Å²) < 4.78 is 0. The van der Waals surface area contributed by atoms with Gasteiger partial charge in [-0.3, -0.25) is 9.59 Å². The molecule has 9 atom stereocenters. The van der Waals surface area contributed by atoms with Gasteiger partial charge in [0.2, 0.25) is 0 Å². The largest absolute Gasteiger partial charge is 0.481 e. The lowest BCUT2D eigenvalue weighted by molar-refractivity contribution is -0.249. The standard InChI is InChI=1S/C30H46O7/c1-25(2)10-12-29(24(36)37)13-11-26(3)17(18(29)14-25)6-7-19-27(26,4)9-8-20-28(19,5)22(34)21(33)23(35)30(20,15-31)16-32/h6,18-22,31-34H,7-16H2,1-5H3,(H,36,37). The number of aliphatic hydroxyl groups excluding tert-OH is 4. The normalized spacial score (nSPS) is 50.1. The van der Waals surface area contributed by atoms with Crippen LogP contribution in [0.2, 0.25) is 0 Å². The zero-order chi connectivity index (χ0) is 27.4. The highest BCUT2D eigenvalue weighted by Crippen LogP contribution is 2.75. The number of fused-ring (bicyclic) bond motifs is 7. The van der Waals surface area contributed by atoms with E-state index in [1.807, 2.05) is 6.92 Å². The maximum absolute atomic E-state index is 13.2. The number of ketones is 1. The second-order valence-corrected chi connectivity index (χ2v) is 14.8. The number of carboxylic acid groups (broad SMARTS) is 1. The van der Waals surface area contributed by atoms with Crippen LogP contribution in [0.25, 0.3) is 0 Å². The summed E-state index contributed by atoms with van der Waals surface area (Å²) in [5.41, 5.74) is -2.38. The quantitative estimate of drug-likeness (QED) is 0.362. The molecule has 0 aliphatic heterocycles. The van der Waals surface area contributed by atoms with E-state index in [4.69, 9.17) is 0 Å². The maximum atomic E-state index is 13.2. The molecule has 5 aliphatic rings. The molecule has 7 nitrogen and oxygen atoms in total. The van der Waals surface area contributed by atoms with Crippen molar-refractivity contribution in [1.29, 1.82) is 0 Å². The van der Waals surface area contributed by atoms with E-state index >= 15 is 0 Å². The molecule has 9 unspecified atom stereocenters. The molecular weight excluding hydrogens is 472 g/mol. The van der Waals surface area contributed by atoms with Gasteiger partial charge in [0.25, 0.3) is 0 Å². The van der Waals surface area contributed by atoms with Gasteiger partial charge in [-0.1, -0.05) is 46.3 Å². The van der Waals surface area contributed by atoms with Gasteiger partial charge in [0, 0.05) is 5.41 Å². The van der Waals surface area contributed by atoms with Crippen LogP contribution in [0.3, 0.4) is 0 Å². The second kappa shape index (κ2) is 8.12. The third-order valence-corrected chi connectivity index (χ3v) is 13.2. The summed E-state index contributed by atoms with van der Waals surface area (Å²) in [6.45, 7) is 9.85. The van der Waals surface area contributed by atoms with Crippen molar-refractivity contribution in [2.45, 2.75) is 98.2 Å². The molecule has 0 saturated heterocycles. The number of hydrogen-bond donors (Lipinski definition) is 5. The van der Waals surface area contributed by atoms with Crippen LogP contribution in [0.1, 0.15) is 86.0 Å². The summed E-state index contributed by atoms with van der Waals surface area (Å²) in [7, 11) is 0. The molecular formula is C30H46O7. The fourth-order valence-electron chi connectivity index (χ4n) is 10.6. The summed E-state index contributed by atoms with van der Waals surface area (Å²) in [6.07, 6.45) is 5.01. The van der Waals surface area contributed by atoms with Gasteiger partial charge < -0.3 is 25.5 Å². The molecule has 0 amide bonds. The van der Waals surface area contributed by atoms with E-state index in [2.05, 4.69) is 33.8 Å². The third-order valence-electron chi connectivity index (χ3n) is 13.2. The minimum atomic E-state index is -1.66. The Morgan fingerprint density at radius 1 is 0.946 bits per heavy atom. The van der Waals surface area contributed by atoms with Gasteiger partial charge in [-0.25, -0.2) is 0 Å². The molecule has 0 spiro atoms. The molecule has 0 aromatic heterocycles. The van der Waals surface area contributed by atoms with Crippen LogP contribution >= 0.6 is 0 Å². The highest BCUT2D eigenvalue weighted by Gasteiger charge is 2.73. The topological polar surface area (TPSA) is 135 Å². The minimum Gasteiger partial charge on any atom is -0.481 e. The Morgan fingerprint density at radius 3 is 2.16 bits per heavy atom. The molecule has 5 aliphatic carbocycles. The first kappa shape index (κ1) is 27.3. The monoisotopic (exact) mass is 518 g/mol. The Balaban J connectivity index is 1.65. The summed E-state index contributed by atoms with van der Waals surface area (Å²) >= 11 is 0. The van der Waals surface area contributed by atoms with E-state index in [-0.39, 0.29) is 28.1 Å². The smallest absolute Gasteiger partial charge is 0.310 e. The molecule has 0 aromatic carbocycles. The predicted molar refractivity (Wildman–Crippen MR) is 137 cm³/mol. The fourth-order valence-corrected chi connectivity index (χ4v) is 10.6. The Hall–Kier alpha value is -1.28. The number of carbonyl (C=O) groups is 2. The van der Waals surface area contributed by atoms with Gasteiger partial charge in [0.15, 0.2) is 5.78 Å². The number of aliphatic hydroxyl groups is 4. The van der Waals surface area contributed by atoms with Crippen LogP contribution in [0.5, 0.6) is 0 Å². The van der Waals surface area contributed by atoms with Crippen molar-refractivity contribution >= 4 is 11.8 Å². The van der Waals surface area contributed by atoms with Gasteiger partial charge in [-0.15, -0.1) is 0 Å². The van der Waals surface area contributed by atoms with Gasteiger partial charge in [-0.2, -0.15) is 0 Å². The lowest BCUT2D eigenvalue weighted by Gasteiger charge is -2.71. The van der Waals surface area contributed by atoms with Crippen LogP contribution in [0, 0.1) is 50.2 Å². The molecule has 37 heavy (non-hydrogen) atoms. The second-order valence-electron chi connectivity index (χ2n) is 14.8. The van der Waals surface area contributed by atoms with Crippen molar-refractivity contribution in [3.8, 4) is 0 Å². The van der Waals surface area contributed by atoms with Crippen LogP contribution in [0.4, 0.5) is 0 Å². The average Bonchev–Trinajstić information content (AvgIpc) is 2.84. The number of carboxylic acids is 1. The van der Waals surface area contributed by atoms with E-state index in [1.165, 1.54) is 5.57 Å². The molecule has 4 fully saturated rings. The summed E-state index contributed by atoms with van der Waals surface area (Å²) in [5, 5.41) is 53.7. The molecule has 0 heterocycles. The van der Waals surface area contributed by atoms with Crippen LogP contribution in [-0.4, -0.2) is 62.7 Å². The number of aliphatic carboxylic acids is 1. The number of rotatable bonds is 3. The van der Waals surface area contributed by atoms with Gasteiger partial charge in [0.05, 0.1) is 30.1 Å². The minimum absolute atomic E-state index is 0.0340. The van der Waals surface area contributed by atoms with E-state index in [9.17, 15) is 35.1 Å². The SMILES string of the molecule is CC1(C)CCC2(C(=O)O)CCC3(C)C(=CCC4C5(C)C(O)C(O)C(=O)C(CO)(CO)C5CCC43C)C2C1. The molecule has 0 bridgehead atoms. The molecule has 7 heteroatoms. The van der Waals surface area contributed by atoms with Gasteiger partial charge in [-0.05, 0) is 85.4 Å². The van der Waals surface area contributed by atoms with Crippen molar-refractivity contribution < 1.29 is 35.1 Å².